The second-order valence-corrected chi connectivity index (χ2v) is 3.65. The molecule has 0 bridgehead atoms. The normalized spacial score (nSPS) is 12.3. The van der Waals surface area contributed by atoms with E-state index in [1.807, 2.05) is 12.1 Å². The molecule has 0 aliphatic heterocycles. The molecular weight excluding hydrogens is 234 g/mol. The van der Waals surface area contributed by atoms with Gasteiger partial charge in [-0.3, -0.25) is 5.10 Å². The van der Waals surface area contributed by atoms with Gasteiger partial charge >= 0.3 is 0 Å². The van der Waals surface area contributed by atoms with Crippen LogP contribution in [0.25, 0.3) is 0 Å². The van der Waals surface area contributed by atoms with Crippen molar-refractivity contribution in [3.63, 3.8) is 0 Å². The van der Waals surface area contributed by atoms with E-state index >= 15 is 0 Å². The lowest BCUT2D eigenvalue weighted by Gasteiger charge is -2.14. The predicted molar refractivity (Wildman–Crippen MR) is 64.3 cm³/mol. The molecule has 2 aromatic rings. The van der Waals surface area contributed by atoms with Crippen molar-refractivity contribution in [1.82, 2.24) is 15.2 Å². The number of nitrogens with zero attached hydrogens (tertiary/aromatic N) is 2. The van der Waals surface area contributed by atoms with Gasteiger partial charge in [0.25, 0.3) is 0 Å². The Balaban J connectivity index is 2.16. The van der Waals surface area contributed by atoms with Gasteiger partial charge in [-0.25, -0.2) is 4.98 Å². The highest BCUT2D eigenvalue weighted by Gasteiger charge is 2.17. The average molecular weight is 249 g/mol. The van der Waals surface area contributed by atoms with Gasteiger partial charge in [0.05, 0.1) is 6.61 Å². The highest BCUT2D eigenvalue weighted by atomic mass is 16.5. The van der Waals surface area contributed by atoms with Gasteiger partial charge in [-0.1, -0.05) is 18.2 Å². The first-order valence-electron chi connectivity index (χ1n) is 5.57. The number of aliphatic hydroxyl groups excluding tert-OH is 1. The number of methoxy groups -OCH3 is 1. The van der Waals surface area contributed by atoms with Crippen LogP contribution in [-0.4, -0.2) is 40.6 Å². The summed E-state index contributed by atoms with van der Waals surface area (Å²) in [6.07, 6.45) is 0.471. The topological polar surface area (TPSA) is 80.3 Å². The number of rotatable bonds is 6. The molecule has 0 saturated heterocycles. The van der Waals surface area contributed by atoms with E-state index < -0.39 is 6.10 Å². The summed E-state index contributed by atoms with van der Waals surface area (Å²) in [5.41, 5.74) is 0.644. The summed E-state index contributed by atoms with van der Waals surface area (Å²) in [4.78, 5) is 3.93. The zero-order valence-electron chi connectivity index (χ0n) is 10.0. The first-order valence-corrected chi connectivity index (χ1v) is 5.57. The number of nitrogens with one attached hydrogen (secondary N) is 1. The highest BCUT2D eigenvalue weighted by molar-refractivity contribution is 5.37. The molecule has 6 nitrogen and oxygen atoms in total. The Labute approximate surface area is 105 Å². The van der Waals surface area contributed by atoms with Crippen LogP contribution in [0.5, 0.6) is 5.75 Å². The third kappa shape index (κ3) is 2.85. The maximum atomic E-state index is 10.2. The fraction of sp³-hybridized carbons (Fsp3) is 0.333. The number of aromatic amines is 1. The summed E-state index contributed by atoms with van der Waals surface area (Å²) in [5, 5.41) is 16.5. The Morgan fingerprint density at radius 3 is 2.89 bits per heavy atom. The molecule has 0 aliphatic rings. The Hall–Kier alpha value is -1.92. The highest BCUT2D eigenvalue weighted by Crippen LogP contribution is 2.27. The Bertz CT molecular complexity index is 473. The smallest absolute Gasteiger partial charge is 0.157 e. The van der Waals surface area contributed by atoms with Crippen LogP contribution in [0.2, 0.25) is 0 Å². The van der Waals surface area contributed by atoms with Crippen molar-refractivity contribution in [1.29, 1.82) is 0 Å². The van der Waals surface area contributed by atoms with E-state index in [0.29, 0.717) is 30.4 Å². The molecular formula is C12H15N3O3. The molecule has 0 amide bonds. The number of H-pyrrole nitrogens is 1. The monoisotopic (exact) mass is 249 g/mol. The SMILES string of the molecule is COCCOc1ccccc1C(O)c1ncn[nH]1. The predicted octanol–water partition coefficient (Wildman–Crippen LogP) is 0.912. The van der Waals surface area contributed by atoms with E-state index in [2.05, 4.69) is 15.2 Å². The number of benzene rings is 1. The summed E-state index contributed by atoms with van der Waals surface area (Å²) in [6.45, 7) is 0.920. The molecule has 0 aliphatic carbocycles. The van der Waals surface area contributed by atoms with Gasteiger partial charge in [0.2, 0.25) is 0 Å². The maximum absolute atomic E-state index is 10.2. The van der Waals surface area contributed by atoms with Crippen molar-refractivity contribution in [3.05, 3.63) is 42.0 Å². The quantitative estimate of drug-likeness (QED) is 0.744. The molecule has 2 N–H and O–H groups in total. The van der Waals surface area contributed by atoms with Crippen LogP contribution in [-0.2, 0) is 4.74 Å². The zero-order valence-corrected chi connectivity index (χ0v) is 10.0. The van der Waals surface area contributed by atoms with Crippen LogP contribution in [0.1, 0.15) is 17.5 Å². The maximum Gasteiger partial charge on any atom is 0.157 e. The summed E-state index contributed by atoms with van der Waals surface area (Å²) in [7, 11) is 1.61. The van der Waals surface area contributed by atoms with Gasteiger partial charge in [0.1, 0.15) is 24.8 Å². The summed E-state index contributed by atoms with van der Waals surface area (Å²) < 4.78 is 10.5. The summed E-state index contributed by atoms with van der Waals surface area (Å²) in [5.74, 6) is 0.997. The molecule has 1 aromatic carbocycles. The lowest BCUT2D eigenvalue weighted by Crippen LogP contribution is -2.09. The molecule has 0 radical (unpaired) electrons. The first kappa shape index (κ1) is 12.5. The van der Waals surface area contributed by atoms with Crippen molar-refractivity contribution < 1.29 is 14.6 Å². The second kappa shape index (κ2) is 6.13. The van der Waals surface area contributed by atoms with Crippen LogP contribution in [0, 0.1) is 0 Å². The number of hydrogen-bond acceptors (Lipinski definition) is 5. The van der Waals surface area contributed by atoms with E-state index in [0.717, 1.165) is 0 Å². The number of para-hydroxylation sites is 1. The van der Waals surface area contributed by atoms with Crippen LogP contribution in [0.4, 0.5) is 0 Å². The number of aromatic nitrogens is 3. The van der Waals surface area contributed by atoms with Crippen molar-refractivity contribution in [2.75, 3.05) is 20.3 Å². The van der Waals surface area contributed by atoms with Gasteiger partial charge in [-0.05, 0) is 6.07 Å². The van der Waals surface area contributed by atoms with Gasteiger partial charge < -0.3 is 14.6 Å². The minimum Gasteiger partial charge on any atom is -0.491 e. The minimum atomic E-state index is -0.883. The van der Waals surface area contributed by atoms with E-state index in [1.54, 1.807) is 19.2 Å². The first-order chi connectivity index (χ1) is 8.83. The van der Waals surface area contributed by atoms with Crippen LogP contribution >= 0.6 is 0 Å². The number of aliphatic hydroxyl groups is 1. The standard InChI is InChI=1S/C12H15N3O3/c1-17-6-7-18-10-5-3-2-4-9(10)11(16)12-13-8-14-15-12/h2-5,8,11,16H,6-7H2,1H3,(H,13,14,15). The Morgan fingerprint density at radius 2 is 2.17 bits per heavy atom. The second-order valence-electron chi connectivity index (χ2n) is 3.65. The minimum absolute atomic E-state index is 0.387. The van der Waals surface area contributed by atoms with Crippen molar-refractivity contribution in [2.24, 2.45) is 0 Å². The molecule has 2 rings (SSSR count). The molecule has 1 aromatic heterocycles. The van der Waals surface area contributed by atoms with Gasteiger partial charge in [0.15, 0.2) is 5.82 Å². The van der Waals surface area contributed by atoms with E-state index in [-0.39, 0.29) is 0 Å². The molecule has 6 heteroatoms. The molecule has 0 saturated carbocycles. The largest absolute Gasteiger partial charge is 0.491 e. The van der Waals surface area contributed by atoms with Gasteiger partial charge in [-0.15, -0.1) is 0 Å². The average Bonchev–Trinajstić information content (AvgIpc) is 2.93. The van der Waals surface area contributed by atoms with Gasteiger partial charge in [0, 0.05) is 12.7 Å². The van der Waals surface area contributed by atoms with Gasteiger partial charge in [-0.2, -0.15) is 5.10 Å². The Morgan fingerprint density at radius 1 is 1.33 bits per heavy atom. The number of ether oxygens (including phenoxy) is 2. The molecule has 0 spiro atoms. The van der Waals surface area contributed by atoms with Crippen molar-refractivity contribution in [3.8, 4) is 5.75 Å². The van der Waals surface area contributed by atoms with Crippen molar-refractivity contribution >= 4 is 0 Å². The molecule has 0 fully saturated rings. The van der Waals surface area contributed by atoms with Crippen LogP contribution < -0.4 is 4.74 Å². The fourth-order valence-electron chi connectivity index (χ4n) is 1.57. The Kier molecular flexibility index (Phi) is 4.27. The van der Waals surface area contributed by atoms with E-state index in [9.17, 15) is 5.11 Å². The zero-order chi connectivity index (χ0) is 12.8. The molecule has 1 atom stereocenters. The number of hydrogen-bond donors (Lipinski definition) is 2. The van der Waals surface area contributed by atoms with Crippen LogP contribution in [0.15, 0.2) is 30.6 Å². The molecule has 18 heavy (non-hydrogen) atoms. The summed E-state index contributed by atoms with van der Waals surface area (Å²) >= 11 is 0. The third-order valence-corrected chi connectivity index (χ3v) is 2.45. The van der Waals surface area contributed by atoms with Crippen LogP contribution in [0.3, 0.4) is 0 Å². The third-order valence-electron chi connectivity index (χ3n) is 2.45. The van der Waals surface area contributed by atoms with Crippen molar-refractivity contribution in [2.45, 2.75) is 6.10 Å². The van der Waals surface area contributed by atoms with E-state index in [4.69, 9.17) is 9.47 Å². The molecule has 1 heterocycles. The van der Waals surface area contributed by atoms with E-state index in [1.165, 1.54) is 6.33 Å². The lowest BCUT2D eigenvalue weighted by molar-refractivity contribution is 0.142. The molecule has 96 valence electrons. The summed E-state index contributed by atoms with van der Waals surface area (Å²) in [6, 6.07) is 7.26. The fourth-order valence-corrected chi connectivity index (χ4v) is 1.57. The lowest BCUT2D eigenvalue weighted by atomic mass is 10.1. The molecule has 1 unspecified atom stereocenters.